The first-order valence-electron chi connectivity index (χ1n) is 15.9. The Balaban J connectivity index is 1.01. The van der Waals surface area contributed by atoms with Crippen LogP contribution in [-0.2, 0) is 5.41 Å². The number of piperazine rings is 1. The predicted octanol–water partition coefficient (Wildman–Crippen LogP) is 6.60. The van der Waals surface area contributed by atoms with Crippen LogP contribution in [0.3, 0.4) is 0 Å². The summed E-state index contributed by atoms with van der Waals surface area (Å²) in [6, 6.07) is 20.1. The molecule has 3 aromatic carbocycles. The molecule has 1 atom stereocenters. The van der Waals surface area contributed by atoms with Gasteiger partial charge in [0.05, 0.1) is 6.61 Å². The van der Waals surface area contributed by atoms with Gasteiger partial charge in [0, 0.05) is 62.3 Å². The number of ether oxygens (including phenoxy) is 1. The summed E-state index contributed by atoms with van der Waals surface area (Å²) in [6.07, 6.45) is 3.46. The number of carbonyl (C=O) groups excluding carboxylic acids is 2. The van der Waals surface area contributed by atoms with Crippen molar-refractivity contribution in [2.24, 2.45) is 5.41 Å². The Morgan fingerprint density at radius 3 is 2.00 bits per heavy atom. The van der Waals surface area contributed by atoms with Crippen LogP contribution >= 0.6 is 30.8 Å². The molecule has 0 spiro atoms. The summed E-state index contributed by atoms with van der Waals surface area (Å²) in [4.78, 5) is 33.9. The predicted molar refractivity (Wildman–Crippen MR) is 195 cm³/mol. The van der Waals surface area contributed by atoms with Gasteiger partial charge in [0.1, 0.15) is 5.75 Å². The fraction of sp³-hybridized carbons (Fsp3) is 0.486. The summed E-state index contributed by atoms with van der Waals surface area (Å²) < 4.78 is 6.11. The molecular formula is C35H46BIN3O3P. The number of nitrogens with zero attached hydrogens (tertiary/aromatic N) is 3. The van der Waals surface area contributed by atoms with E-state index in [1.54, 1.807) is 0 Å². The van der Waals surface area contributed by atoms with Crippen LogP contribution in [0.2, 0.25) is 0 Å². The summed E-state index contributed by atoms with van der Waals surface area (Å²) in [5.74, 6) is 0.589. The van der Waals surface area contributed by atoms with Gasteiger partial charge in [0.2, 0.25) is 4.86 Å². The summed E-state index contributed by atoms with van der Waals surface area (Å²) >= 11 is 2.49. The molecule has 3 aromatic rings. The Hall–Kier alpha value is -2.00. The van der Waals surface area contributed by atoms with E-state index in [1.165, 1.54) is 27.9 Å². The minimum atomic E-state index is -0.178. The molecule has 6 nitrogen and oxygen atoms in total. The summed E-state index contributed by atoms with van der Waals surface area (Å²) in [5, 5.41) is 1.73. The van der Waals surface area contributed by atoms with Crippen LogP contribution in [0.15, 0.2) is 60.7 Å². The molecule has 2 heterocycles. The maximum atomic E-state index is 13.2. The van der Waals surface area contributed by atoms with Gasteiger partial charge >= 0.3 is 0 Å². The van der Waals surface area contributed by atoms with Crippen molar-refractivity contribution >= 4 is 58.3 Å². The van der Waals surface area contributed by atoms with E-state index in [-0.39, 0.29) is 17.2 Å². The molecule has 0 bridgehead atoms. The second kappa shape index (κ2) is 14.6. The maximum Gasteiger partial charge on any atom is 0.261 e. The van der Waals surface area contributed by atoms with Gasteiger partial charge in [-0.25, -0.2) is 0 Å². The molecule has 2 aliphatic heterocycles. The van der Waals surface area contributed by atoms with E-state index in [9.17, 15) is 9.59 Å². The number of hydrogen-bond acceptors (Lipinski definition) is 5. The van der Waals surface area contributed by atoms with Crippen LogP contribution < -0.4 is 4.74 Å². The number of benzene rings is 3. The normalized spacial score (nSPS) is 16.8. The van der Waals surface area contributed by atoms with Crippen LogP contribution in [0.5, 0.6) is 5.75 Å². The number of hydrogen-bond donors (Lipinski definition) is 0. The van der Waals surface area contributed by atoms with Crippen molar-refractivity contribution in [1.29, 1.82) is 0 Å². The summed E-state index contributed by atoms with van der Waals surface area (Å²) in [7, 11) is 1.03. The third-order valence-electron chi connectivity index (χ3n) is 9.10. The number of amides is 2. The van der Waals surface area contributed by atoms with Crippen LogP contribution in [0.25, 0.3) is 10.8 Å². The first kappa shape index (κ1) is 33.4. The smallest absolute Gasteiger partial charge is 0.261 e. The lowest BCUT2D eigenvalue weighted by atomic mass is 9.72. The topological polar surface area (TPSA) is 53.1 Å². The van der Waals surface area contributed by atoms with Crippen molar-refractivity contribution in [3.8, 4) is 5.75 Å². The van der Waals surface area contributed by atoms with Gasteiger partial charge in [-0.05, 0) is 65.0 Å². The largest absolute Gasteiger partial charge is 0.494 e. The lowest BCUT2D eigenvalue weighted by molar-refractivity contribution is 0.0571. The van der Waals surface area contributed by atoms with Gasteiger partial charge in [0.15, 0.2) is 0 Å². The number of halogens is 1. The van der Waals surface area contributed by atoms with Gasteiger partial charge in [-0.2, -0.15) is 0 Å². The molecule has 2 aliphatic rings. The standard InChI is InChI=1S/C35H46BIN3O3P/c1-34(2,25-44-36-37)24-35(3,4)27-12-14-28(15-13-27)43-23-7-16-38-17-19-39(20-18-38)21-22-40-32(41)29-10-5-8-26-9-6-11-30(31(26)29)33(40)42/h5-6,8-15,36,44H,7,16-25H2,1-4H3. The highest BCUT2D eigenvalue weighted by molar-refractivity contribution is 14.1. The number of rotatable bonds is 14. The second-order valence-electron chi connectivity index (χ2n) is 13.7. The fourth-order valence-corrected chi connectivity index (χ4v) is 8.69. The third-order valence-corrected chi connectivity index (χ3v) is 12.1. The molecule has 0 radical (unpaired) electrons. The molecule has 234 valence electrons. The molecule has 0 aliphatic carbocycles. The lowest BCUT2D eigenvalue weighted by Crippen LogP contribution is -2.50. The molecule has 5 rings (SSSR count). The molecule has 9 heteroatoms. The molecule has 2 amide bonds. The Morgan fingerprint density at radius 1 is 0.818 bits per heavy atom. The molecule has 1 fully saturated rings. The Labute approximate surface area is 279 Å². The Bertz CT molecular complexity index is 1410. The van der Waals surface area contributed by atoms with E-state index in [0.29, 0.717) is 36.2 Å². The fourth-order valence-electron chi connectivity index (χ4n) is 6.99. The van der Waals surface area contributed by atoms with Gasteiger partial charge in [-0.3, -0.25) is 19.4 Å². The minimum Gasteiger partial charge on any atom is -0.494 e. The van der Waals surface area contributed by atoms with Crippen LogP contribution in [0, 0.1) is 5.41 Å². The zero-order valence-corrected chi connectivity index (χ0v) is 29.9. The first-order chi connectivity index (χ1) is 21.1. The minimum absolute atomic E-state index is 0.138. The van der Waals surface area contributed by atoms with Crippen molar-refractivity contribution in [3.63, 3.8) is 0 Å². The van der Waals surface area contributed by atoms with Gasteiger partial charge < -0.3 is 9.64 Å². The monoisotopic (exact) mass is 725 g/mol. The van der Waals surface area contributed by atoms with E-state index in [1.807, 2.05) is 36.4 Å². The quantitative estimate of drug-likeness (QED) is 0.0618. The van der Waals surface area contributed by atoms with Gasteiger partial charge in [-0.1, -0.05) is 64.1 Å². The molecule has 44 heavy (non-hydrogen) atoms. The number of carbonyl (C=O) groups is 2. The van der Waals surface area contributed by atoms with Gasteiger partial charge in [0.25, 0.3) is 11.8 Å². The molecule has 1 unspecified atom stereocenters. The average Bonchev–Trinajstić information content (AvgIpc) is 3.01. The van der Waals surface area contributed by atoms with Crippen molar-refractivity contribution in [3.05, 3.63) is 77.4 Å². The summed E-state index contributed by atoms with van der Waals surface area (Å²) in [5.41, 5.74) is 3.13. The first-order valence-corrected chi connectivity index (χ1v) is 18.8. The molecule has 0 N–H and O–H groups in total. The van der Waals surface area contributed by atoms with Crippen molar-refractivity contribution in [1.82, 2.24) is 14.7 Å². The zero-order valence-electron chi connectivity index (χ0n) is 26.7. The van der Waals surface area contributed by atoms with Crippen molar-refractivity contribution < 1.29 is 14.3 Å². The van der Waals surface area contributed by atoms with Crippen molar-refractivity contribution in [2.75, 3.05) is 58.6 Å². The van der Waals surface area contributed by atoms with E-state index < -0.39 is 0 Å². The van der Waals surface area contributed by atoms with Gasteiger partial charge in [-0.15, -0.1) is 30.8 Å². The van der Waals surface area contributed by atoms with Crippen molar-refractivity contribution in [2.45, 2.75) is 46.0 Å². The highest BCUT2D eigenvalue weighted by Crippen LogP contribution is 2.40. The molecule has 1 saturated heterocycles. The second-order valence-corrected chi connectivity index (χ2v) is 17.1. The highest BCUT2D eigenvalue weighted by atomic mass is 127. The Morgan fingerprint density at radius 2 is 1.41 bits per heavy atom. The van der Waals surface area contributed by atoms with Crippen LogP contribution in [0.4, 0.5) is 0 Å². The maximum absolute atomic E-state index is 13.2. The van der Waals surface area contributed by atoms with E-state index in [4.69, 9.17) is 4.74 Å². The SMILES string of the molecule is CC(C)(CPBI)CC(C)(C)c1ccc(OCCCN2CCN(CCN3C(=O)c4cccc5cccc(c45)C3=O)CC2)cc1. The average molecular weight is 725 g/mol. The highest BCUT2D eigenvalue weighted by Gasteiger charge is 2.33. The third kappa shape index (κ3) is 8.04. The molecule has 0 aromatic heterocycles. The van der Waals surface area contributed by atoms with E-state index in [2.05, 4.69) is 84.1 Å². The van der Waals surface area contributed by atoms with E-state index >= 15 is 0 Å². The Kier molecular flexibility index (Phi) is 11.1. The molecule has 0 saturated carbocycles. The van der Waals surface area contributed by atoms with Crippen LogP contribution in [0.1, 0.15) is 66.8 Å². The van der Waals surface area contributed by atoms with Crippen LogP contribution in [-0.4, -0.2) is 90.0 Å². The zero-order chi connectivity index (χ0) is 31.3. The van der Waals surface area contributed by atoms with E-state index in [0.717, 1.165) is 64.1 Å². The number of imide groups is 1. The molecular weight excluding hydrogens is 679 g/mol. The summed E-state index contributed by atoms with van der Waals surface area (Å²) in [6.45, 7) is 16.2. The lowest BCUT2D eigenvalue weighted by Gasteiger charge is -2.36.